The number of aromatic nitrogens is 3. The summed E-state index contributed by atoms with van der Waals surface area (Å²) in [7, 11) is 1.54. The summed E-state index contributed by atoms with van der Waals surface area (Å²) in [5, 5.41) is 18.8. The van der Waals surface area contributed by atoms with E-state index >= 15 is 0 Å². The van der Waals surface area contributed by atoms with Crippen molar-refractivity contribution in [3.05, 3.63) is 63.0 Å². The maximum absolute atomic E-state index is 12.5. The SMILES string of the molecule is COCCOC(=O)C[C@@H]1N=C(c2ccc(C(=O)O)cc2)c2c(sc(C)c2C)-n2c(C)nnc21. The predicted molar refractivity (Wildman–Crippen MR) is 123 cm³/mol. The molecule has 1 aliphatic rings. The molecule has 0 bridgehead atoms. The van der Waals surface area contributed by atoms with Crippen molar-refractivity contribution in [2.75, 3.05) is 20.3 Å². The van der Waals surface area contributed by atoms with Crippen LogP contribution < -0.4 is 0 Å². The van der Waals surface area contributed by atoms with Gasteiger partial charge in [-0.25, -0.2) is 4.79 Å². The van der Waals surface area contributed by atoms with Crippen LogP contribution in [-0.4, -0.2) is 57.8 Å². The van der Waals surface area contributed by atoms with E-state index in [1.54, 1.807) is 42.7 Å². The summed E-state index contributed by atoms with van der Waals surface area (Å²) in [6, 6.07) is 5.98. The zero-order chi connectivity index (χ0) is 23.7. The van der Waals surface area contributed by atoms with Gasteiger partial charge in [0.1, 0.15) is 23.5 Å². The molecule has 4 rings (SSSR count). The Bertz CT molecular complexity index is 1240. The van der Waals surface area contributed by atoms with Gasteiger partial charge in [0, 0.05) is 23.1 Å². The summed E-state index contributed by atoms with van der Waals surface area (Å²) < 4.78 is 12.2. The first kappa shape index (κ1) is 22.8. The number of carbonyl (C=O) groups is 2. The van der Waals surface area contributed by atoms with E-state index in [2.05, 4.69) is 10.2 Å². The number of hydrogen-bond donors (Lipinski definition) is 1. The number of aromatic carboxylic acids is 1. The van der Waals surface area contributed by atoms with Crippen molar-refractivity contribution in [1.29, 1.82) is 0 Å². The van der Waals surface area contributed by atoms with E-state index in [0.29, 0.717) is 24.0 Å². The van der Waals surface area contributed by atoms with Gasteiger partial charge in [-0.05, 0) is 38.5 Å². The van der Waals surface area contributed by atoms with Gasteiger partial charge >= 0.3 is 11.9 Å². The standard InChI is InChI=1S/C23H24N4O5S/c1-12-13(2)33-22-19(12)20(15-5-7-16(8-6-15)23(29)30)24-17(11-18(28)32-10-9-31-4)21-26-25-14(3)27(21)22/h5-8,17H,9-11H2,1-4H3,(H,29,30)/t17-/m0/s1. The lowest BCUT2D eigenvalue weighted by Gasteiger charge is -2.12. The smallest absolute Gasteiger partial charge is 0.335 e. The van der Waals surface area contributed by atoms with Crippen molar-refractivity contribution in [2.45, 2.75) is 33.2 Å². The highest BCUT2D eigenvalue weighted by molar-refractivity contribution is 7.15. The second-order valence-electron chi connectivity index (χ2n) is 7.70. The van der Waals surface area contributed by atoms with Crippen LogP contribution in [0.4, 0.5) is 0 Å². The number of methoxy groups -OCH3 is 1. The van der Waals surface area contributed by atoms with E-state index in [4.69, 9.17) is 14.5 Å². The molecule has 1 aliphatic heterocycles. The first-order chi connectivity index (χ1) is 15.8. The third-order valence-electron chi connectivity index (χ3n) is 5.56. The van der Waals surface area contributed by atoms with Crippen LogP contribution in [0.5, 0.6) is 0 Å². The summed E-state index contributed by atoms with van der Waals surface area (Å²) in [6.45, 7) is 6.41. The lowest BCUT2D eigenvalue weighted by molar-refractivity contribution is -0.145. The van der Waals surface area contributed by atoms with E-state index in [1.165, 1.54) is 0 Å². The van der Waals surface area contributed by atoms with Crippen LogP contribution >= 0.6 is 11.3 Å². The maximum Gasteiger partial charge on any atom is 0.335 e. The van der Waals surface area contributed by atoms with Gasteiger partial charge in [0.25, 0.3) is 0 Å². The average Bonchev–Trinajstić information content (AvgIpc) is 3.26. The van der Waals surface area contributed by atoms with Crippen LogP contribution in [0.25, 0.3) is 5.00 Å². The van der Waals surface area contributed by atoms with Crippen molar-refractivity contribution < 1.29 is 24.2 Å². The summed E-state index contributed by atoms with van der Waals surface area (Å²) in [5.74, 6) is -0.142. The molecule has 0 saturated heterocycles. The Balaban J connectivity index is 1.85. The van der Waals surface area contributed by atoms with Crippen molar-refractivity contribution in [1.82, 2.24) is 14.8 Å². The van der Waals surface area contributed by atoms with Crippen molar-refractivity contribution in [3.8, 4) is 5.00 Å². The Morgan fingerprint density at radius 2 is 1.85 bits per heavy atom. The number of nitrogens with zero attached hydrogens (tertiary/aromatic N) is 4. The summed E-state index contributed by atoms with van der Waals surface area (Å²) in [6.07, 6.45) is -0.00840. The highest BCUT2D eigenvalue weighted by Gasteiger charge is 2.32. The fourth-order valence-corrected chi connectivity index (χ4v) is 4.96. The number of aliphatic imine (C=N–C) groups is 1. The second kappa shape index (κ2) is 9.24. The molecule has 9 nitrogen and oxygen atoms in total. The number of benzene rings is 1. The fourth-order valence-electron chi connectivity index (χ4n) is 3.75. The molecule has 0 unspecified atom stereocenters. The number of thiophene rings is 1. The summed E-state index contributed by atoms with van der Waals surface area (Å²) in [4.78, 5) is 30.0. The first-order valence-electron chi connectivity index (χ1n) is 10.4. The molecule has 3 heterocycles. The van der Waals surface area contributed by atoms with E-state index in [-0.39, 0.29) is 18.6 Å². The molecule has 0 spiro atoms. The normalized spacial score (nSPS) is 14.8. The lowest BCUT2D eigenvalue weighted by atomic mass is 9.98. The van der Waals surface area contributed by atoms with Gasteiger partial charge in [-0.1, -0.05) is 12.1 Å². The fraction of sp³-hybridized carbons (Fsp3) is 0.348. The van der Waals surface area contributed by atoms with Crippen LogP contribution in [0.15, 0.2) is 29.3 Å². The van der Waals surface area contributed by atoms with Crippen molar-refractivity contribution >= 4 is 29.0 Å². The van der Waals surface area contributed by atoms with Gasteiger partial charge in [0.05, 0.1) is 24.3 Å². The molecule has 3 aromatic rings. The van der Waals surface area contributed by atoms with E-state index < -0.39 is 18.0 Å². The van der Waals surface area contributed by atoms with Crippen LogP contribution in [0, 0.1) is 20.8 Å². The third kappa shape index (κ3) is 4.31. The summed E-state index contributed by atoms with van der Waals surface area (Å²) in [5.41, 5.74) is 3.63. The number of rotatable bonds is 7. The Hall–Kier alpha value is -3.37. The maximum atomic E-state index is 12.5. The van der Waals surface area contributed by atoms with Gasteiger partial charge in [-0.15, -0.1) is 21.5 Å². The lowest BCUT2D eigenvalue weighted by Crippen LogP contribution is -2.15. The van der Waals surface area contributed by atoms with Gasteiger partial charge in [0.15, 0.2) is 5.82 Å². The van der Waals surface area contributed by atoms with Gasteiger partial charge in [-0.2, -0.15) is 0 Å². The second-order valence-corrected chi connectivity index (χ2v) is 8.90. The molecule has 10 heteroatoms. The van der Waals surface area contributed by atoms with Gasteiger partial charge in [-0.3, -0.25) is 14.4 Å². The molecule has 1 atom stereocenters. The summed E-state index contributed by atoms with van der Waals surface area (Å²) >= 11 is 1.61. The number of carboxylic acids is 1. The Labute approximate surface area is 194 Å². The Morgan fingerprint density at radius 1 is 1.12 bits per heavy atom. The monoisotopic (exact) mass is 468 g/mol. The first-order valence-corrected chi connectivity index (χ1v) is 11.2. The minimum Gasteiger partial charge on any atom is -0.478 e. The molecule has 1 N–H and O–H groups in total. The topological polar surface area (TPSA) is 116 Å². The molecule has 172 valence electrons. The van der Waals surface area contributed by atoms with Crippen molar-refractivity contribution in [3.63, 3.8) is 0 Å². The number of hydrogen-bond acceptors (Lipinski definition) is 8. The molecule has 1 aromatic carbocycles. The molecule has 0 amide bonds. The van der Waals surface area contributed by atoms with E-state index in [0.717, 1.165) is 26.6 Å². The zero-order valence-corrected chi connectivity index (χ0v) is 19.6. The largest absolute Gasteiger partial charge is 0.478 e. The Morgan fingerprint density at radius 3 is 2.52 bits per heavy atom. The quantitative estimate of drug-likeness (QED) is 0.417. The van der Waals surface area contributed by atoms with Gasteiger partial charge < -0.3 is 14.6 Å². The minimum atomic E-state index is -0.994. The average molecular weight is 469 g/mol. The molecule has 2 aromatic heterocycles. The molecular formula is C23H24N4O5S. The number of esters is 1. The predicted octanol–water partition coefficient (Wildman–Crippen LogP) is 3.42. The number of ether oxygens (including phenoxy) is 2. The van der Waals surface area contributed by atoms with Crippen molar-refractivity contribution in [2.24, 2.45) is 4.99 Å². The van der Waals surface area contributed by atoms with Crippen LogP contribution in [0.2, 0.25) is 0 Å². The molecule has 0 radical (unpaired) electrons. The minimum absolute atomic E-state index is 0.00840. The van der Waals surface area contributed by atoms with Crippen LogP contribution in [-0.2, 0) is 14.3 Å². The highest BCUT2D eigenvalue weighted by Crippen LogP contribution is 2.39. The molecular weight excluding hydrogens is 444 g/mol. The van der Waals surface area contributed by atoms with Crippen LogP contribution in [0.1, 0.15) is 56.0 Å². The zero-order valence-electron chi connectivity index (χ0n) is 18.8. The Kier molecular flexibility index (Phi) is 6.39. The van der Waals surface area contributed by atoms with Crippen LogP contribution in [0.3, 0.4) is 0 Å². The number of carbonyl (C=O) groups excluding carboxylic acids is 1. The number of fused-ring (bicyclic) bond motifs is 3. The third-order valence-corrected chi connectivity index (χ3v) is 6.75. The van der Waals surface area contributed by atoms with Gasteiger partial charge in [0.2, 0.25) is 0 Å². The van der Waals surface area contributed by atoms with E-state index in [9.17, 15) is 14.7 Å². The van der Waals surface area contributed by atoms with E-state index in [1.807, 2.05) is 25.3 Å². The highest BCUT2D eigenvalue weighted by atomic mass is 32.1. The number of aryl methyl sites for hydroxylation is 2. The molecule has 0 fully saturated rings. The molecule has 0 aliphatic carbocycles. The molecule has 0 saturated carbocycles. The molecule has 33 heavy (non-hydrogen) atoms. The number of carboxylic acid groups (broad SMARTS) is 1.